The van der Waals surface area contributed by atoms with Gasteiger partial charge in [-0.1, -0.05) is 25.0 Å². The standard InChI is InChI=1S/C23H24N2O5/c1-29-14-11-12-18(20(13-14)30-2)24-21(26)17-9-5-6-10-19(17)25-22(27)15-7-3-4-8-16(15)23(25)28/h5-6,9-13,15-16H,3-4,7-8H2,1-2H3,(H,24,26)/t15-,16-/m0/s1. The molecule has 1 aliphatic heterocycles. The number of amides is 3. The molecule has 7 heteroatoms. The molecule has 1 saturated heterocycles. The van der Waals surface area contributed by atoms with Crippen LogP contribution < -0.4 is 19.7 Å². The van der Waals surface area contributed by atoms with E-state index in [9.17, 15) is 14.4 Å². The van der Waals surface area contributed by atoms with Crippen molar-refractivity contribution < 1.29 is 23.9 Å². The Kier molecular flexibility index (Phi) is 5.44. The summed E-state index contributed by atoms with van der Waals surface area (Å²) in [7, 11) is 3.05. The Morgan fingerprint density at radius 3 is 2.27 bits per heavy atom. The quantitative estimate of drug-likeness (QED) is 0.764. The fraction of sp³-hybridized carbons (Fsp3) is 0.348. The maximum absolute atomic E-state index is 13.1. The largest absolute Gasteiger partial charge is 0.497 e. The number of benzene rings is 2. The first kappa shape index (κ1) is 19.9. The number of carbonyl (C=O) groups is 3. The maximum Gasteiger partial charge on any atom is 0.257 e. The lowest BCUT2D eigenvalue weighted by atomic mass is 9.81. The molecule has 0 spiro atoms. The second-order valence-electron chi connectivity index (χ2n) is 7.55. The number of imide groups is 1. The van der Waals surface area contributed by atoms with Crippen LogP contribution >= 0.6 is 0 Å². The molecule has 4 rings (SSSR count). The van der Waals surface area contributed by atoms with Gasteiger partial charge in [-0.2, -0.15) is 0 Å². The van der Waals surface area contributed by atoms with E-state index < -0.39 is 5.91 Å². The van der Waals surface area contributed by atoms with E-state index in [4.69, 9.17) is 9.47 Å². The molecule has 0 bridgehead atoms. The van der Waals surface area contributed by atoms with Gasteiger partial charge in [-0.25, -0.2) is 4.90 Å². The lowest BCUT2D eigenvalue weighted by Gasteiger charge is -2.19. The van der Waals surface area contributed by atoms with Crippen LogP contribution in [-0.4, -0.2) is 31.9 Å². The fourth-order valence-electron chi connectivity index (χ4n) is 4.35. The van der Waals surface area contributed by atoms with Crippen LogP contribution in [0.25, 0.3) is 0 Å². The average Bonchev–Trinajstić information content (AvgIpc) is 3.04. The highest BCUT2D eigenvalue weighted by atomic mass is 16.5. The van der Waals surface area contributed by atoms with Gasteiger partial charge < -0.3 is 14.8 Å². The van der Waals surface area contributed by atoms with Gasteiger partial charge in [0.2, 0.25) is 11.8 Å². The highest BCUT2D eigenvalue weighted by Gasteiger charge is 2.49. The number of rotatable bonds is 5. The number of nitrogens with zero attached hydrogens (tertiary/aromatic N) is 1. The van der Waals surface area contributed by atoms with Crippen molar-refractivity contribution in [2.45, 2.75) is 25.7 Å². The van der Waals surface area contributed by atoms with Crippen LogP contribution in [0, 0.1) is 11.8 Å². The predicted molar refractivity (Wildman–Crippen MR) is 112 cm³/mol. The third kappa shape index (κ3) is 3.40. The van der Waals surface area contributed by atoms with Gasteiger partial charge >= 0.3 is 0 Å². The van der Waals surface area contributed by atoms with E-state index in [0.717, 1.165) is 25.7 Å². The Bertz CT molecular complexity index is 979. The number of hydrogen-bond donors (Lipinski definition) is 1. The Morgan fingerprint density at radius 2 is 1.63 bits per heavy atom. The van der Waals surface area contributed by atoms with Crippen LogP contribution in [0.1, 0.15) is 36.0 Å². The van der Waals surface area contributed by atoms with Crippen LogP contribution in [0.3, 0.4) is 0 Å². The van der Waals surface area contributed by atoms with E-state index in [1.165, 1.54) is 12.0 Å². The molecule has 1 saturated carbocycles. The van der Waals surface area contributed by atoms with Gasteiger partial charge in [0, 0.05) is 6.07 Å². The van der Waals surface area contributed by atoms with Crippen molar-refractivity contribution in [1.29, 1.82) is 0 Å². The van der Waals surface area contributed by atoms with Crippen LogP contribution in [0.5, 0.6) is 11.5 Å². The van der Waals surface area contributed by atoms with Crippen molar-refractivity contribution in [3.8, 4) is 11.5 Å². The molecule has 0 aromatic heterocycles. The molecule has 2 aliphatic rings. The van der Waals surface area contributed by atoms with E-state index >= 15 is 0 Å². The zero-order valence-corrected chi connectivity index (χ0v) is 17.0. The topological polar surface area (TPSA) is 84.9 Å². The van der Waals surface area contributed by atoms with Gasteiger partial charge in [0.05, 0.1) is 43.0 Å². The molecule has 7 nitrogen and oxygen atoms in total. The molecule has 2 fully saturated rings. The first-order valence-corrected chi connectivity index (χ1v) is 10.1. The normalized spacial score (nSPS) is 20.7. The molecule has 1 N–H and O–H groups in total. The average molecular weight is 408 g/mol. The summed E-state index contributed by atoms with van der Waals surface area (Å²) >= 11 is 0. The minimum atomic E-state index is -0.426. The van der Waals surface area contributed by atoms with Gasteiger partial charge in [-0.05, 0) is 37.1 Å². The van der Waals surface area contributed by atoms with E-state index in [1.807, 2.05) is 0 Å². The van der Waals surface area contributed by atoms with E-state index in [0.29, 0.717) is 22.9 Å². The Balaban J connectivity index is 1.65. The summed E-state index contributed by atoms with van der Waals surface area (Å²) < 4.78 is 10.5. The number of methoxy groups -OCH3 is 2. The summed E-state index contributed by atoms with van der Waals surface area (Å²) in [6.45, 7) is 0. The molecule has 30 heavy (non-hydrogen) atoms. The Hall–Kier alpha value is -3.35. The Morgan fingerprint density at radius 1 is 0.967 bits per heavy atom. The predicted octanol–water partition coefficient (Wildman–Crippen LogP) is 3.64. The zero-order chi connectivity index (χ0) is 21.3. The summed E-state index contributed by atoms with van der Waals surface area (Å²) in [6, 6.07) is 11.8. The molecule has 156 valence electrons. The SMILES string of the molecule is COc1ccc(NC(=O)c2ccccc2N2C(=O)[C@H]3CCCC[C@@H]3C2=O)c(OC)c1. The highest BCUT2D eigenvalue weighted by molar-refractivity contribution is 6.24. The number of para-hydroxylation sites is 1. The summed E-state index contributed by atoms with van der Waals surface area (Å²) in [4.78, 5) is 40.3. The van der Waals surface area contributed by atoms with Gasteiger partial charge in [0.15, 0.2) is 0 Å². The molecule has 2 aromatic carbocycles. The second-order valence-corrected chi connectivity index (χ2v) is 7.55. The summed E-state index contributed by atoms with van der Waals surface area (Å²) in [5.74, 6) is -0.336. The van der Waals surface area contributed by atoms with Gasteiger partial charge in [0.25, 0.3) is 5.91 Å². The van der Waals surface area contributed by atoms with E-state index in [1.54, 1.807) is 49.6 Å². The number of anilines is 2. The van der Waals surface area contributed by atoms with Crippen LogP contribution in [0.2, 0.25) is 0 Å². The van der Waals surface area contributed by atoms with Gasteiger partial charge in [0.1, 0.15) is 11.5 Å². The maximum atomic E-state index is 13.1. The first-order chi connectivity index (χ1) is 14.5. The highest BCUT2D eigenvalue weighted by Crippen LogP contribution is 2.41. The number of carbonyl (C=O) groups excluding carboxylic acids is 3. The van der Waals surface area contributed by atoms with Gasteiger partial charge in [-0.3, -0.25) is 14.4 Å². The minimum Gasteiger partial charge on any atom is -0.497 e. The molecule has 2 atom stereocenters. The van der Waals surface area contributed by atoms with Crippen LogP contribution in [-0.2, 0) is 9.59 Å². The summed E-state index contributed by atoms with van der Waals surface area (Å²) in [5, 5.41) is 2.82. The van der Waals surface area contributed by atoms with Crippen molar-refractivity contribution in [2.24, 2.45) is 11.8 Å². The van der Waals surface area contributed by atoms with Crippen LogP contribution in [0.4, 0.5) is 11.4 Å². The third-order valence-electron chi connectivity index (χ3n) is 5.89. The van der Waals surface area contributed by atoms with Crippen molar-refractivity contribution in [1.82, 2.24) is 0 Å². The molecular formula is C23H24N2O5. The molecule has 2 aromatic rings. The second kappa shape index (κ2) is 8.18. The van der Waals surface area contributed by atoms with Gasteiger partial charge in [-0.15, -0.1) is 0 Å². The monoisotopic (exact) mass is 408 g/mol. The van der Waals surface area contributed by atoms with Crippen molar-refractivity contribution >= 4 is 29.1 Å². The number of fused-ring (bicyclic) bond motifs is 1. The van der Waals surface area contributed by atoms with Crippen molar-refractivity contribution in [3.05, 3.63) is 48.0 Å². The van der Waals surface area contributed by atoms with E-state index in [-0.39, 0.29) is 29.2 Å². The number of ether oxygens (including phenoxy) is 2. The summed E-state index contributed by atoms with van der Waals surface area (Å²) in [5.41, 5.74) is 1.05. The minimum absolute atomic E-state index is 0.202. The number of nitrogens with one attached hydrogen (secondary N) is 1. The summed E-state index contributed by atoms with van der Waals surface area (Å²) in [6.07, 6.45) is 3.35. The lowest BCUT2D eigenvalue weighted by molar-refractivity contribution is -0.122. The smallest absolute Gasteiger partial charge is 0.257 e. The molecular weight excluding hydrogens is 384 g/mol. The van der Waals surface area contributed by atoms with E-state index in [2.05, 4.69) is 5.32 Å². The Labute approximate surface area is 175 Å². The zero-order valence-electron chi connectivity index (χ0n) is 17.0. The molecule has 0 unspecified atom stereocenters. The molecule has 1 aliphatic carbocycles. The molecule has 3 amide bonds. The van der Waals surface area contributed by atoms with Crippen molar-refractivity contribution in [2.75, 3.05) is 24.4 Å². The lowest BCUT2D eigenvalue weighted by Crippen LogP contribution is -2.32. The molecule has 0 radical (unpaired) electrons. The first-order valence-electron chi connectivity index (χ1n) is 10.1. The third-order valence-corrected chi connectivity index (χ3v) is 5.89. The van der Waals surface area contributed by atoms with Crippen molar-refractivity contribution in [3.63, 3.8) is 0 Å². The fourth-order valence-corrected chi connectivity index (χ4v) is 4.35. The van der Waals surface area contributed by atoms with Crippen LogP contribution in [0.15, 0.2) is 42.5 Å². The number of hydrogen-bond acceptors (Lipinski definition) is 5. The molecule has 1 heterocycles.